The molecule has 0 bridgehead atoms. The molecule has 4 nitrogen and oxygen atoms in total. The maximum Gasteiger partial charge on any atom is 0.126 e. The van der Waals surface area contributed by atoms with Crippen LogP contribution in [0.25, 0.3) is 10.9 Å². The van der Waals surface area contributed by atoms with Gasteiger partial charge in [0, 0.05) is 24.2 Å². The molecule has 0 saturated heterocycles. The van der Waals surface area contributed by atoms with Gasteiger partial charge in [-0.3, -0.25) is 0 Å². The lowest BCUT2D eigenvalue weighted by Gasteiger charge is -2.30. The van der Waals surface area contributed by atoms with E-state index in [0.717, 1.165) is 35.4 Å². The van der Waals surface area contributed by atoms with Crippen LogP contribution in [0.3, 0.4) is 0 Å². The van der Waals surface area contributed by atoms with Crippen molar-refractivity contribution in [2.75, 3.05) is 24.2 Å². The summed E-state index contributed by atoms with van der Waals surface area (Å²) in [5, 5.41) is 14.0. The Morgan fingerprint density at radius 3 is 2.76 bits per heavy atom. The zero-order chi connectivity index (χ0) is 14.7. The quantitative estimate of drug-likeness (QED) is 0.755. The molecule has 1 saturated carbocycles. The normalized spacial score (nSPS) is 22.3. The third-order valence-electron chi connectivity index (χ3n) is 4.56. The highest BCUT2D eigenvalue weighted by Crippen LogP contribution is 2.30. The lowest BCUT2D eigenvalue weighted by atomic mass is 9.79. The number of nitrogens with two attached hydrogens (primary N) is 1. The van der Waals surface area contributed by atoms with Crippen molar-refractivity contribution in [3.8, 4) is 0 Å². The van der Waals surface area contributed by atoms with E-state index in [1.54, 1.807) is 0 Å². The first kappa shape index (κ1) is 14.1. The minimum atomic E-state index is 0.302. The van der Waals surface area contributed by atoms with Crippen LogP contribution in [0.2, 0.25) is 0 Å². The molecule has 21 heavy (non-hydrogen) atoms. The van der Waals surface area contributed by atoms with Crippen molar-refractivity contribution < 1.29 is 5.11 Å². The number of nitrogens with zero attached hydrogens (tertiary/aromatic N) is 1. The van der Waals surface area contributed by atoms with Crippen molar-refractivity contribution in [3.05, 3.63) is 30.3 Å². The molecular formula is C17H23N3O. The number of anilines is 2. The van der Waals surface area contributed by atoms with Crippen LogP contribution in [0.15, 0.2) is 30.3 Å². The molecule has 112 valence electrons. The number of hydrogen-bond acceptors (Lipinski definition) is 4. The van der Waals surface area contributed by atoms with Crippen LogP contribution in [0.5, 0.6) is 0 Å². The van der Waals surface area contributed by atoms with E-state index in [2.05, 4.69) is 10.3 Å². The zero-order valence-corrected chi connectivity index (χ0v) is 12.3. The number of aromatic nitrogens is 1. The number of rotatable bonds is 4. The molecule has 4 heteroatoms. The standard InChI is InChI=1S/C17H23N3O/c18-15-6-7-16-12(9-15)5-8-17(20-16)19-10-13-3-1-2-4-14(13)11-21/h5-9,13-14,21H,1-4,10-11,18H2,(H,19,20). The lowest BCUT2D eigenvalue weighted by Crippen LogP contribution is -2.28. The van der Waals surface area contributed by atoms with E-state index in [1.165, 1.54) is 19.3 Å². The molecule has 0 amide bonds. The van der Waals surface area contributed by atoms with Gasteiger partial charge in [0.2, 0.25) is 0 Å². The largest absolute Gasteiger partial charge is 0.399 e. The maximum atomic E-state index is 9.47. The molecule has 1 aromatic heterocycles. The summed E-state index contributed by atoms with van der Waals surface area (Å²) >= 11 is 0. The molecule has 1 fully saturated rings. The Morgan fingerprint density at radius 1 is 1.14 bits per heavy atom. The average molecular weight is 285 g/mol. The van der Waals surface area contributed by atoms with Gasteiger partial charge in [0.1, 0.15) is 5.82 Å². The fourth-order valence-electron chi connectivity index (χ4n) is 3.27. The van der Waals surface area contributed by atoms with Crippen molar-refractivity contribution >= 4 is 22.4 Å². The molecule has 3 rings (SSSR count). The molecule has 2 aromatic rings. The summed E-state index contributed by atoms with van der Waals surface area (Å²) in [6.07, 6.45) is 4.86. The molecule has 0 radical (unpaired) electrons. The van der Waals surface area contributed by atoms with Crippen LogP contribution in [0, 0.1) is 11.8 Å². The minimum absolute atomic E-state index is 0.302. The number of aliphatic hydroxyl groups excluding tert-OH is 1. The van der Waals surface area contributed by atoms with Crippen molar-refractivity contribution in [2.24, 2.45) is 11.8 Å². The Bertz CT molecular complexity index is 614. The summed E-state index contributed by atoms with van der Waals surface area (Å²) < 4.78 is 0. The number of fused-ring (bicyclic) bond motifs is 1. The summed E-state index contributed by atoms with van der Waals surface area (Å²) in [5.41, 5.74) is 7.50. The molecule has 0 spiro atoms. The Balaban J connectivity index is 1.68. The van der Waals surface area contributed by atoms with Crippen LogP contribution in [0.1, 0.15) is 25.7 Å². The Kier molecular flexibility index (Phi) is 4.25. The fraction of sp³-hybridized carbons (Fsp3) is 0.471. The van der Waals surface area contributed by atoms with Crippen molar-refractivity contribution in [1.82, 2.24) is 4.98 Å². The number of hydrogen-bond donors (Lipinski definition) is 3. The van der Waals surface area contributed by atoms with Crippen LogP contribution < -0.4 is 11.1 Å². The first-order valence-corrected chi connectivity index (χ1v) is 7.77. The summed E-state index contributed by atoms with van der Waals surface area (Å²) in [6, 6.07) is 9.81. The van der Waals surface area contributed by atoms with E-state index >= 15 is 0 Å². The smallest absolute Gasteiger partial charge is 0.126 e. The van der Waals surface area contributed by atoms with Gasteiger partial charge in [-0.15, -0.1) is 0 Å². The number of benzene rings is 1. The van der Waals surface area contributed by atoms with Crippen molar-refractivity contribution in [1.29, 1.82) is 0 Å². The van der Waals surface area contributed by atoms with E-state index in [1.807, 2.05) is 30.3 Å². The number of nitrogen functional groups attached to an aromatic ring is 1. The zero-order valence-electron chi connectivity index (χ0n) is 12.3. The molecule has 1 heterocycles. The number of aliphatic hydroxyl groups is 1. The second-order valence-electron chi connectivity index (χ2n) is 6.02. The second-order valence-corrected chi connectivity index (χ2v) is 6.02. The van der Waals surface area contributed by atoms with Crippen LogP contribution in [-0.4, -0.2) is 23.2 Å². The Labute approximate surface area is 125 Å². The van der Waals surface area contributed by atoms with Crippen molar-refractivity contribution in [2.45, 2.75) is 25.7 Å². The lowest BCUT2D eigenvalue weighted by molar-refractivity contribution is 0.141. The van der Waals surface area contributed by atoms with Gasteiger partial charge in [-0.05, 0) is 55.0 Å². The van der Waals surface area contributed by atoms with Crippen LogP contribution >= 0.6 is 0 Å². The van der Waals surface area contributed by atoms with Gasteiger partial charge in [0.05, 0.1) is 5.52 Å². The monoisotopic (exact) mass is 285 g/mol. The maximum absolute atomic E-state index is 9.47. The SMILES string of the molecule is Nc1ccc2nc(NCC3CCCCC3CO)ccc2c1. The van der Waals surface area contributed by atoms with E-state index < -0.39 is 0 Å². The summed E-state index contributed by atoms with van der Waals surface area (Å²) in [4.78, 5) is 4.62. The third-order valence-corrected chi connectivity index (χ3v) is 4.56. The van der Waals surface area contributed by atoms with Crippen molar-refractivity contribution in [3.63, 3.8) is 0 Å². The highest BCUT2D eigenvalue weighted by molar-refractivity contribution is 5.83. The summed E-state index contributed by atoms with van der Waals surface area (Å²) in [7, 11) is 0. The first-order valence-electron chi connectivity index (χ1n) is 7.77. The highest BCUT2D eigenvalue weighted by Gasteiger charge is 2.24. The fourth-order valence-corrected chi connectivity index (χ4v) is 3.27. The third kappa shape index (κ3) is 3.27. The summed E-state index contributed by atoms with van der Waals surface area (Å²) in [6.45, 7) is 1.19. The molecule has 4 N–H and O–H groups in total. The molecule has 1 aliphatic carbocycles. The van der Waals surface area contributed by atoms with E-state index in [9.17, 15) is 5.11 Å². The van der Waals surface area contributed by atoms with Gasteiger partial charge in [-0.25, -0.2) is 4.98 Å². The van der Waals surface area contributed by atoms with Gasteiger partial charge >= 0.3 is 0 Å². The second kappa shape index (κ2) is 6.31. The van der Waals surface area contributed by atoms with Gasteiger partial charge in [-0.2, -0.15) is 0 Å². The minimum Gasteiger partial charge on any atom is -0.399 e. The predicted molar refractivity (Wildman–Crippen MR) is 87.2 cm³/mol. The Morgan fingerprint density at radius 2 is 1.95 bits per heavy atom. The van der Waals surface area contributed by atoms with Crippen LogP contribution in [-0.2, 0) is 0 Å². The highest BCUT2D eigenvalue weighted by atomic mass is 16.3. The Hall–Kier alpha value is -1.81. The topological polar surface area (TPSA) is 71.2 Å². The van der Waals surface area contributed by atoms with Gasteiger partial charge in [0.25, 0.3) is 0 Å². The molecule has 2 unspecified atom stereocenters. The van der Waals surface area contributed by atoms with Gasteiger partial charge in [-0.1, -0.05) is 12.8 Å². The molecule has 0 aliphatic heterocycles. The molecule has 2 atom stereocenters. The predicted octanol–water partition coefficient (Wildman–Crippen LogP) is 3.03. The average Bonchev–Trinajstić information content (AvgIpc) is 2.53. The number of pyridine rings is 1. The first-order chi connectivity index (χ1) is 10.3. The number of nitrogens with one attached hydrogen (secondary N) is 1. The molecular weight excluding hydrogens is 262 g/mol. The van der Waals surface area contributed by atoms with Crippen LogP contribution in [0.4, 0.5) is 11.5 Å². The van der Waals surface area contributed by atoms with E-state index in [4.69, 9.17) is 5.73 Å². The summed E-state index contributed by atoms with van der Waals surface area (Å²) in [5.74, 6) is 1.88. The molecule has 1 aliphatic rings. The van der Waals surface area contributed by atoms with E-state index in [-0.39, 0.29) is 0 Å². The van der Waals surface area contributed by atoms with E-state index in [0.29, 0.717) is 18.4 Å². The molecule has 1 aromatic carbocycles. The van der Waals surface area contributed by atoms with Gasteiger partial charge < -0.3 is 16.2 Å². The van der Waals surface area contributed by atoms with Gasteiger partial charge in [0.15, 0.2) is 0 Å².